The summed E-state index contributed by atoms with van der Waals surface area (Å²) in [5.74, 6) is -0.334. The number of ketones is 1. The number of hydrogen-bond donors (Lipinski definition) is 2. The fraction of sp³-hybridized carbons (Fsp3) is 0.571. The Labute approximate surface area is 170 Å². The van der Waals surface area contributed by atoms with Crippen molar-refractivity contribution in [3.05, 3.63) is 29.3 Å². The van der Waals surface area contributed by atoms with E-state index in [9.17, 15) is 9.59 Å². The van der Waals surface area contributed by atoms with Crippen molar-refractivity contribution in [3.8, 4) is 0 Å². The fourth-order valence-electron chi connectivity index (χ4n) is 3.03. The predicted molar refractivity (Wildman–Crippen MR) is 114 cm³/mol. The van der Waals surface area contributed by atoms with Crippen LogP contribution in [-0.2, 0) is 9.53 Å². The number of thiazole rings is 1. The average molecular weight is 406 g/mol. The second kappa shape index (κ2) is 11.9. The minimum absolute atomic E-state index is 0.0790. The molecule has 1 unspecified atom stereocenters. The first-order valence-electron chi connectivity index (χ1n) is 9.96. The normalized spacial score (nSPS) is 13.4. The Bertz CT molecular complexity index is 729. The van der Waals surface area contributed by atoms with Crippen LogP contribution in [0.15, 0.2) is 24.3 Å². The molecule has 2 aromatic rings. The molecule has 1 amide bonds. The van der Waals surface area contributed by atoms with Crippen molar-refractivity contribution in [2.45, 2.75) is 51.5 Å². The van der Waals surface area contributed by atoms with E-state index in [2.05, 4.69) is 10.3 Å². The first-order chi connectivity index (χ1) is 13.6. The van der Waals surface area contributed by atoms with Gasteiger partial charge in [0.25, 0.3) is 0 Å². The molecule has 2 atom stereocenters. The van der Waals surface area contributed by atoms with Gasteiger partial charge in [0.1, 0.15) is 0 Å². The number of para-hydroxylation sites is 1. The van der Waals surface area contributed by atoms with Gasteiger partial charge in [-0.1, -0.05) is 25.5 Å². The van der Waals surface area contributed by atoms with E-state index in [4.69, 9.17) is 10.5 Å². The summed E-state index contributed by atoms with van der Waals surface area (Å²) in [6.07, 6.45) is 4.82. The van der Waals surface area contributed by atoms with Crippen molar-refractivity contribution < 1.29 is 14.3 Å². The summed E-state index contributed by atoms with van der Waals surface area (Å²) in [5, 5.41) is 3.42. The molecule has 0 bridgehead atoms. The summed E-state index contributed by atoms with van der Waals surface area (Å²) in [7, 11) is 1.68. The SMILES string of the molecule is COCCCCC(C)C(=O)N[C@H](CCCCN)C(=O)c1nc2ccccc2s1. The summed E-state index contributed by atoms with van der Waals surface area (Å²) in [6, 6.07) is 7.13. The third-order valence-corrected chi connectivity index (χ3v) is 5.82. The average Bonchev–Trinajstić information content (AvgIpc) is 3.14. The number of rotatable bonds is 13. The number of benzene rings is 1. The van der Waals surface area contributed by atoms with Crippen LogP contribution in [0, 0.1) is 5.92 Å². The number of nitrogens with two attached hydrogens (primary N) is 1. The Balaban J connectivity index is 2.03. The Kier molecular flexibility index (Phi) is 9.54. The van der Waals surface area contributed by atoms with E-state index in [1.807, 2.05) is 31.2 Å². The Morgan fingerprint density at radius 1 is 1.18 bits per heavy atom. The monoisotopic (exact) mass is 405 g/mol. The third kappa shape index (κ3) is 6.65. The van der Waals surface area contributed by atoms with E-state index in [0.717, 1.165) is 42.3 Å². The Morgan fingerprint density at radius 3 is 2.64 bits per heavy atom. The van der Waals surface area contributed by atoms with Gasteiger partial charge < -0.3 is 15.8 Å². The largest absolute Gasteiger partial charge is 0.385 e. The maximum atomic E-state index is 13.1. The lowest BCUT2D eigenvalue weighted by Crippen LogP contribution is -2.43. The van der Waals surface area contributed by atoms with E-state index < -0.39 is 6.04 Å². The fourth-order valence-corrected chi connectivity index (χ4v) is 3.99. The molecule has 0 fully saturated rings. The van der Waals surface area contributed by atoms with E-state index in [0.29, 0.717) is 24.6 Å². The van der Waals surface area contributed by atoms with Gasteiger partial charge in [-0.3, -0.25) is 9.59 Å². The molecule has 0 aliphatic carbocycles. The van der Waals surface area contributed by atoms with Crippen LogP contribution >= 0.6 is 11.3 Å². The molecule has 1 aromatic heterocycles. The molecule has 0 saturated heterocycles. The van der Waals surface area contributed by atoms with Crippen LogP contribution in [-0.4, -0.2) is 43.0 Å². The van der Waals surface area contributed by atoms with Gasteiger partial charge in [-0.15, -0.1) is 11.3 Å². The number of carbonyl (C=O) groups is 2. The second-order valence-corrected chi connectivity index (χ2v) is 8.12. The molecule has 3 N–H and O–H groups in total. The third-order valence-electron chi connectivity index (χ3n) is 4.77. The molecule has 6 nitrogen and oxygen atoms in total. The maximum absolute atomic E-state index is 13.1. The predicted octanol–water partition coefficient (Wildman–Crippen LogP) is 3.55. The zero-order valence-electron chi connectivity index (χ0n) is 16.8. The smallest absolute Gasteiger partial charge is 0.223 e. The molecule has 0 radical (unpaired) electrons. The zero-order chi connectivity index (χ0) is 20.4. The molecule has 1 heterocycles. The molecule has 154 valence electrons. The van der Waals surface area contributed by atoms with Crippen LogP contribution in [0.3, 0.4) is 0 Å². The van der Waals surface area contributed by atoms with Crippen molar-refractivity contribution in [2.75, 3.05) is 20.3 Å². The molecule has 7 heteroatoms. The maximum Gasteiger partial charge on any atom is 0.223 e. The highest BCUT2D eigenvalue weighted by Gasteiger charge is 2.26. The van der Waals surface area contributed by atoms with Crippen molar-refractivity contribution in [2.24, 2.45) is 11.7 Å². The molecular weight excluding hydrogens is 374 g/mol. The van der Waals surface area contributed by atoms with Crippen molar-refractivity contribution >= 4 is 33.2 Å². The first-order valence-corrected chi connectivity index (χ1v) is 10.8. The molecule has 0 spiro atoms. The van der Waals surface area contributed by atoms with Gasteiger partial charge in [-0.05, 0) is 50.8 Å². The highest BCUT2D eigenvalue weighted by molar-refractivity contribution is 7.20. The number of fused-ring (bicyclic) bond motifs is 1. The van der Waals surface area contributed by atoms with Gasteiger partial charge in [-0.25, -0.2) is 4.98 Å². The molecular formula is C21H31N3O3S. The molecule has 0 saturated carbocycles. The van der Waals surface area contributed by atoms with Crippen LogP contribution in [0.4, 0.5) is 0 Å². The topological polar surface area (TPSA) is 94.3 Å². The van der Waals surface area contributed by atoms with Crippen LogP contribution in [0.2, 0.25) is 0 Å². The van der Waals surface area contributed by atoms with Gasteiger partial charge in [0, 0.05) is 19.6 Å². The van der Waals surface area contributed by atoms with E-state index in [-0.39, 0.29) is 17.6 Å². The zero-order valence-corrected chi connectivity index (χ0v) is 17.6. The molecule has 0 aliphatic rings. The summed E-state index contributed by atoms with van der Waals surface area (Å²) in [5.41, 5.74) is 6.40. The van der Waals surface area contributed by atoms with Crippen LogP contribution in [0.1, 0.15) is 55.3 Å². The lowest BCUT2D eigenvalue weighted by Gasteiger charge is -2.19. The van der Waals surface area contributed by atoms with Gasteiger partial charge >= 0.3 is 0 Å². The minimum Gasteiger partial charge on any atom is -0.385 e. The standard InChI is InChI=1S/C21H31N3O3S/c1-15(9-6-8-14-27-2)20(26)23-17(11-5-7-13-22)19(25)21-24-16-10-3-4-12-18(16)28-21/h3-4,10,12,15,17H,5-9,11,13-14,22H2,1-2H3,(H,23,26)/t15?,17-/m1/s1. The number of Topliss-reactive ketones (excluding diaryl/α,β-unsaturated/α-hetero) is 1. The highest BCUT2D eigenvalue weighted by Crippen LogP contribution is 2.23. The number of unbranched alkanes of at least 4 members (excludes halogenated alkanes) is 2. The second-order valence-electron chi connectivity index (χ2n) is 7.09. The van der Waals surface area contributed by atoms with E-state index in [1.54, 1.807) is 7.11 Å². The van der Waals surface area contributed by atoms with E-state index >= 15 is 0 Å². The number of methoxy groups -OCH3 is 1. The van der Waals surface area contributed by atoms with Gasteiger partial charge in [0.05, 0.1) is 16.3 Å². The Morgan fingerprint density at radius 2 is 1.93 bits per heavy atom. The van der Waals surface area contributed by atoms with Crippen LogP contribution in [0.5, 0.6) is 0 Å². The number of ether oxygens (including phenoxy) is 1. The molecule has 2 rings (SSSR count). The van der Waals surface area contributed by atoms with Crippen molar-refractivity contribution in [1.82, 2.24) is 10.3 Å². The number of carbonyl (C=O) groups excluding carboxylic acids is 2. The number of nitrogens with zero attached hydrogens (tertiary/aromatic N) is 1. The molecule has 0 aliphatic heterocycles. The van der Waals surface area contributed by atoms with Crippen molar-refractivity contribution in [1.29, 1.82) is 0 Å². The van der Waals surface area contributed by atoms with Crippen LogP contribution in [0.25, 0.3) is 10.2 Å². The molecule has 1 aromatic carbocycles. The lowest BCUT2D eigenvalue weighted by molar-refractivity contribution is -0.125. The first kappa shape index (κ1) is 22.5. The van der Waals surface area contributed by atoms with E-state index in [1.165, 1.54) is 11.3 Å². The summed E-state index contributed by atoms with van der Waals surface area (Å²) in [4.78, 5) is 30.1. The van der Waals surface area contributed by atoms with Gasteiger partial charge in [0.15, 0.2) is 5.01 Å². The quantitative estimate of drug-likeness (QED) is 0.393. The van der Waals surface area contributed by atoms with Gasteiger partial charge in [0.2, 0.25) is 11.7 Å². The minimum atomic E-state index is -0.555. The number of hydrogen-bond acceptors (Lipinski definition) is 6. The summed E-state index contributed by atoms with van der Waals surface area (Å²) >= 11 is 1.38. The number of amides is 1. The number of aromatic nitrogens is 1. The summed E-state index contributed by atoms with van der Waals surface area (Å²) < 4.78 is 6.02. The highest BCUT2D eigenvalue weighted by atomic mass is 32.1. The molecule has 28 heavy (non-hydrogen) atoms. The lowest BCUT2D eigenvalue weighted by atomic mass is 10.0. The summed E-state index contributed by atoms with van der Waals surface area (Å²) in [6.45, 7) is 3.18. The Hall–Kier alpha value is -1.83. The van der Waals surface area contributed by atoms with Crippen LogP contribution < -0.4 is 11.1 Å². The van der Waals surface area contributed by atoms with Gasteiger partial charge in [-0.2, -0.15) is 0 Å². The van der Waals surface area contributed by atoms with Crippen molar-refractivity contribution in [3.63, 3.8) is 0 Å². The number of nitrogens with one attached hydrogen (secondary N) is 1.